The molecule has 6 nitrogen and oxygen atoms in total. The van der Waals surface area contributed by atoms with Crippen LogP contribution in [-0.2, 0) is 6.18 Å². The molecule has 1 aliphatic heterocycles. The van der Waals surface area contributed by atoms with Crippen molar-refractivity contribution in [3.8, 4) is 5.88 Å². The number of likely N-dealkylation sites (N-methyl/N-ethyl adjacent to an activating group) is 1. The number of halogens is 4. The van der Waals surface area contributed by atoms with E-state index in [4.69, 9.17) is 4.74 Å². The van der Waals surface area contributed by atoms with Crippen LogP contribution in [-0.4, -0.2) is 61.2 Å². The molecule has 0 bridgehead atoms. The molecule has 1 aliphatic rings. The predicted octanol–water partition coefficient (Wildman–Crippen LogP) is 3.14. The van der Waals surface area contributed by atoms with Gasteiger partial charge in [0.2, 0.25) is 5.88 Å². The lowest BCUT2D eigenvalue weighted by molar-refractivity contribution is -0.139. The Kier molecular flexibility index (Phi) is 10.9. The molecule has 1 aromatic rings. The van der Waals surface area contributed by atoms with Crippen molar-refractivity contribution in [2.24, 2.45) is 4.99 Å². The van der Waals surface area contributed by atoms with Crippen LogP contribution in [0.15, 0.2) is 23.3 Å². The molecule has 1 unspecified atom stereocenters. The number of alkyl halides is 3. The van der Waals surface area contributed by atoms with Crippen LogP contribution in [0.2, 0.25) is 0 Å². The van der Waals surface area contributed by atoms with E-state index in [0.29, 0.717) is 31.6 Å². The number of guanidine groups is 1. The third-order valence-electron chi connectivity index (χ3n) is 4.42. The summed E-state index contributed by atoms with van der Waals surface area (Å²) in [5, 5.41) is 6.24. The monoisotopic (exact) mass is 515 g/mol. The van der Waals surface area contributed by atoms with E-state index in [1.807, 2.05) is 6.92 Å². The number of aromatic nitrogens is 1. The van der Waals surface area contributed by atoms with Gasteiger partial charge in [-0.2, -0.15) is 13.2 Å². The van der Waals surface area contributed by atoms with Crippen molar-refractivity contribution in [3.05, 3.63) is 23.9 Å². The zero-order valence-corrected chi connectivity index (χ0v) is 18.6. The van der Waals surface area contributed by atoms with Gasteiger partial charge in [0, 0.05) is 18.8 Å². The van der Waals surface area contributed by atoms with Crippen LogP contribution in [0.1, 0.15) is 32.3 Å². The summed E-state index contributed by atoms with van der Waals surface area (Å²) in [6.07, 6.45) is -0.873. The highest BCUT2D eigenvalue weighted by Crippen LogP contribution is 2.34. The van der Waals surface area contributed by atoms with Gasteiger partial charge >= 0.3 is 6.18 Å². The Morgan fingerprint density at radius 3 is 2.82 bits per heavy atom. The minimum atomic E-state index is -4.49. The standard InChI is InChI=1S/C18H28F3N5O.HI/c1-3-22-17(25-13-14-7-6-11-26(14)4-2)24-10-12-27-16-15(18(19,20)21)8-5-9-23-16;/h5,8-9,14H,3-4,6-7,10-13H2,1-2H3,(H2,22,24,25);1H. The number of aliphatic imine (C=N–C) groups is 1. The van der Waals surface area contributed by atoms with Crippen molar-refractivity contribution in [1.82, 2.24) is 20.5 Å². The van der Waals surface area contributed by atoms with E-state index in [0.717, 1.165) is 25.6 Å². The quantitative estimate of drug-likeness (QED) is 0.241. The van der Waals surface area contributed by atoms with Crippen LogP contribution in [0.25, 0.3) is 0 Å². The molecule has 2 rings (SSSR count). The van der Waals surface area contributed by atoms with Gasteiger partial charge in [0.05, 0.1) is 13.1 Å². The summed E-state index contributed by atoms with van der Waals surface area (Å²) in [5.74, 6) is 0.236. The highest BCUT2D eigenvalue weighted by atomic mass is 127. The Hall–Kier alpha value is -1.30. The van der Waals surface area contributed by atoms with E-state index < -0.39 is 17.6 Å². The summed E-state index contributed by atoms with van der Waals surface area (Å²) in [6, 6.07) is 2.65. The van der Waals surface area contributed by atoms with E-state index in [1.54, 1.807) is 0 Å². The second kappa shape index (κ2) is 12.3. The van der Waals surface area contributed by atoms with Crippen molar-refractivity contribution < 1.29 is 17.9 Å². The zero-order chi connectivity index (χ0) is 19.7. The summed E-state index contributed by atoms with van der Waals surface area (Å²) in [5.41, 5.74) is -0.869. The largest absolute Gasteiger partial charge is 0.475 e. The van der Waals surface area contributed by atoms with Crippen molar-refractivity contribution in [2.75, 3.05) is 39.3 Å². The summed E-state index contributed by atoms with van der Waals surface area (Å²) >= 11 is 0. The molecule has 1 atom stereocenters. The maximum Gasteiger partial charge on any atom is 0.421 e. The highest BCUT2D eigenvalue weighted by Gasteiger charge is 2.35. The fourth-order valence-corrected chi connectivity index (χ4v) is 3.10. The molecular weight excluding hydrogens is 486 g/mol. The molecule has 160 valence electrons. The minimum absolute atomic E-state index is 0. The van der Waals surface area contributed by atoms with Gasteiger partial charge in [0.15, 0.2) is 5.96 Å². The molecule has 0 aliphatic carbocycles. The lowest BCUT2D eigenvalue weighted by Gasteiger charge is -2.21. The van der Waals surface area contributed by atoms with Crippen LogP contribution < -0.4 is 15.4 Å². The van der Waals surface area contributed by atoms with Gasteiger partial charge in [0.25, 0.3) is 0 Å². The number of likely N-dealkylation sites (tertiary alicyclic amines) is 1. The Labute approximate surface area is 181 Å². The first-order valence-corrected chi connectivity index (χ1v) is 9.37. The average molecular weight is 515 g/mol. The third-order valence-corrected chi connectivity index (χ3v) is 4.42. The molecule has 0 radical (unpaired) electrons. The molecule has 2 heterocycles. The SMILES string of the molecule is CCNC(=NCC1CCCN1CC)NCCOc1ncccc1C(F)(F)F.I. The molecule has 10 heteroatoms. The summed E-state index contributed by atoms with van der Waals surface area (Å²) in [4.78, 5) is 10.7. The molecule has 0 saturated carbocycles. The molecule has 28 heavy (non-hydrogen) atoms. The predicted molar refractivity (Wildman–Crippen MR) is 114 cm³/mol. The van der Waals surface area contributed by atoms with Crippen molar-refractivity contribution in [3.63, 3.8) is 0 Å². The van der Waals surface area contributed by atoms with Gasteiger partial charge in [0.1, 0.15) is 12.2 Å². The van der Waals surface area contributed by atoms with Gasteiger partial charge in [-0.05, 0) is 45.0 Å². The van der Waals surface area contributed by atoms with E-state index >= 15 is 0 Å². The van der Waals surface area contributed by atoms with E-state index in [2.05, 4.69) is 32.4 Å². The Bertz CT molecular complexity index is 615. The number of rotatable bonds is 8. The molecule has 0 aromatic carbocycles. The maximum absolute atomic E-state index is 12.9. The molecule has 2 N–H and O–H groups in total. The average Bonchev–Trinajstić information content (AvgIpc) is 3.10. The maximum atomic E-state index is 12.9. The van der Waals surface area contributed by atoms with Crippen molar-refractivity contribution in [1.29, 1.82) is 0 Å². The van der Waals surface area contributed by atoms with Crippen LogP contribution in [0.4, 0.5) is 13.2 Å². The van der Waals surface area contributed by atoms with Crippen LogP contribution in [0.3, 0.4) is 0 Å². The molecule has 0 spiro atoms. The smallest absolute Gasteiger partial charge is 0.421 e. The number of nitrogens with one attached hydrogen (secondary N) is 2. The summed E-state index contributed by atoms with van der Waals surface area (Å²) < 4.78 is 44.0. The fourth-order valence-electron chi connectivity index (χ4n) is 3.10. The topological polar surface area (TPSA) is 61.8 Å². The second-order valence-electron chi connectivity index (χ2n) is 6.27. The van der Waals surface area contributed by atoms with Gasteiger partial charge in [-0.25, -0.2) is 4.98 Å². The Balaban J connectivity index is 0.00000392. The fraction of sp³-hybridized carbons (Fsp3) is 0.667. The van der Waals surface area contributed by atoms with Crippen molar-refractivity contribution >= 4 is 29.9 Å². The second-order valence-corrected chi connectivity index (χ2v) is 6.27. The van der Waals surface area contributed by atoms with Crippen molar-refractivity contribution in [2.45, 2.75) is 38.9 Å². The first-order chi connectivity index (χ1) is 13.0. The Morgan fingerprint density at radius 1 is 1.36 bits per heavy atom. The minimum Gasteiger partial charge on any atom is -0.475 e. The number of hydrogen-bond acceptors (Lipinski definition) is 4. The van der Waals surface area contributed by atoms with Crippen LogP contribution in [0, 0.1) is 0 Å². The first-order valence-electron chi connectivity index (χ1n) is 9.37. The summed E-state index contributed by atoms with van der Waals surface area (Å²) in [6.45, 7) is 8.01. The molecule has 1 aromatic heterocycles. The molecular formula is C18H29F3IN5O. The highest BCUT2D eigenvalue weighted by molar-refractivity contribution is 14.0. The molecule has 1 saturated heterocycles. The van der Waals surface area contributed by atoms with Gasteiger partial charge in [-0.3, -0.25) is 9.89 Å². The summed E-state index contributed by atoms with van der Waals surface area (Å²) in [7, 11) is 0. The van der Waals surface area contributed by atoms with Crippen LogP contribution >= 0.6 is 24.0 Å². The third kappa shape index (κ3) is 7.61. The lowest BCUT2D eigenvalue weighted by atomic mass is 10.2. The molecule has 0 amide bonds. The lowest BCUT2D eigenvalue weighted by Crippen LogP contribution is -2.40. The van der Waals surface area contributed by atoms with Gasteiger partial charge in [-0.1, -0.05) is 6.92 Å². The Morgan fingerprint density at radius 2 is 2.14 bits per heavy atom. The number of hydrogen-bond donors (Lipinski definition) is 2. The van der Waals surface area contributed by atoms with E-state index in [9.17, 15) is 13.2 Å². The molecule has 1 fully saturated rings. The van der Waals surface area contributed by atoms with Gasteiger partial charge < -0.3 is 15.4 Å². The van der Waals surface area contributed by atoms with E-state index in [-0.39, 0.29) is 30.6 Å². The zero-order valence-electron chi connectivity index (χ0n) is 16.3. The number of pyridine rings is 1. The normalized spacial score (nSPS) is 17.9. The number of ether oxygens (including phenoxy) is 1. The van der Waals surface area contributed by atoms with Gasteiger partial charge in [-0.15, -0.1) is 24.0 Å². The van der Waals surface area contributed by atoms with E-state index in [1.165, 1.54) is 18.7 Å². The number of nitrogens with zero attached hydrogens (tertiary/aromatic N) is 3. The first kappa shape index (κ1) is 24.7. The van der Waals surface area contributed by atoms with Crippen LogP contribution in [0.5, 0.6) is 5.88 Å².